The van der Waals surface area contributed by atoms with E-state index in [0.717, 1.165) is 12.4 Å². The fourth-order valence-electron chi connectivity index (χ4n) is 1.60. The number of aryl methyl sites for hydroxylation is 1. The Morgan fingerprint density at radius 2 is 2.19 bits per heavy atom. The quantitative estimate of drug-likeness (QED) is 0.788. The largest absolute Gasteiger partial charge is 0.390 e. The SMILES string of the molecule is CCOC(C)(C)C(O)Cc1ncnn1CC. The highest BCUT2D eigenvalue weighted by molar-refractivity contribution is 4.92. The first-order valence-corrected chi connectivity index (χ1v) is 5.70. The van der Waals surface area contributed by atoms with E-state index in [4.69, 9.17) is 4.74 Å². The summed E-state index contributed by atoms with van der Waals surface area (Å²) in [6.45, 7) is 9.03. The highest BCUT2D eigenvalue weighted by Gasteiger charge is 2.29. The minimum absolute atomic E-state index is 0.459. The predicted octanol–water partition coefficient (Wildman–Crippen LogP) is 1.02. The summed E-state index contributed by atoms with van der Waals surface area (Å²) < 4.78 is 7.29. The van der Waals surface area contributed by atoms with Crippen LogP contribution in [-0.2, 0) is 17.7 Å². The molecule has 16 heavy (non-hydrogen) atoms. The van der Waals surface area contributed by atoms with E-state index < -0.39 is 11.7 Å². The van der Waals surface area contributed by atoms with Crippen molar-refractivity contribution < 1.29 is 9.84 Å². The van der Waals surface area contributed by atoms with Crippen molar-refractivity contribution in [2.24, 2.45) is 0 Å². The van der Waals surface area contributed by atoms with Crippen LogP contribution in [0.2, 0.25) is 0 Å². The molecule has 0 aliphatic rings. The third kappa shape index (κ3) is 3.02. The first-order chi connectivity index (χ1) is 7.51. The first kappa shape index (κ1) is 13.1. The lowest BCUT2D eigenvalue weighted by molar-refractivity contribution is -0.0963. The topological polar surface area (TPSA) is 60.2 Å². The summed E-state index contributed by atoms with van der Waals surface area (Å²) >= 11 is 0. The molecule has 0 saturated carbocycles. The Kier molecular flexibility index (Phi) is 4.44. The number of hydrogen-bond acceptors (Lipinski definition) is 4. The predicted molar refractivity (Wildman–Crippen MR) is 61.1 cm³/mol. The number of hydrogen-bond donors (Lipinski definition) is 1. The van der Waals surface area contributed by atoms with E-state index in [9.17, 15) is 5.11 Å². The molecule has 1 rings (SSSR count). The third-order valence-corrected chi connectivity index (χ3v) is 2.69. The standard InChI is InChI=1S/C11H21N3O2/c1-5-14-10(12-8-13-14)7-9(15)11(3,4)16-6-2/h8-9,15H,5-7H2,1-4H3. The molecule has 1 aromatic heterocycles. The molecule has 0 aromatic carbocycles. The molecule has 1 aromatic rings. The molecule has 1 atom stereocenters. The number of nitrogens with zero attached hydrogens (tertiary/aromatic N) is 3. The van der Waals surface area contributed by atoms with E-state index in [1.165, 1.54) is 6.33 Å². The van der Waals surface area contributed by atoms with Crippen LogP contribution >= 0.6 is 0 Å². The maximum absolute atomic E-state index is 10.1. The zero-order chi connectivity index (χ0) is 12.2. The summed E-state index contributed by atoms with van der Waals surface area (Å²) in [6.07, 6.45) is 1.39. The first-order valence-electron chi connectivity index (χ1n) is 5.70. The second-order valence-corrected chi connectivity index (χ2v) is 4.25. The van der Waals surface area contributed by atoms with Crippen molar-refractivity contribution in [1.82, 2.24) is 14.8 Å². The molecule has 1 N–H and O–H groups in total. The molecule has 0 spiro atoms. The van der Waals surface area contributed by atoms with Gasteiger partial charge in [0.05, 0.1) is 11.7 Å². The lowest BCUT2D eigenvalue weighted by atomic mass is 9.98. The summed E-state index contributed by atoms with van der Waals surface area (Å²) in [6, 6.07) is 0. The van der Waals surface area contributed by atoms with Gasteiger partial charge in [-0.1, -0.05) is 0 Å². The van der Waals surface area contributed by atoms with Crippen LogP contribution in [0, 0.1) is 0 Å². The number of aliphatic hydroxyl groups is 1. The van der Waals surface area contributed by atoms with E-state index in [2.05, 4.69) is 10.1 Å². The summed E-state index contributed by atoms with van der Waals surface area (Å²) in [5.74, 6) is 0.794. The van der Waals surface area contributed by atoms with Crippen molar-refractivity contribution in [3.8, 4) is 0 Å². The van der Waals surface area contributed by atoms with Gasteiger partial charge in [0, 0.05) is 19.6 Å². The van der Waals surface area contributed by atoms with E-state index in [1.807, 2.05) is 27.7 Å². The number of rotatable bonds is 6. The Morgan fingerprint density at radius 1 is 1.50 bits per heavy atom. The molecular weight excluding hydrogens is 206 g/mol. The van der Waals surface area contributed by atoms with Gasteiger partial charge >= 0.3 is 0 Å². The van der Waals surface area contributed by atoms with Gasteiger partial charge in [-0.25, -0.2) is 4.98 Å². The van der Waals surface area contributed by atoms with E-state index >= 15 is 0 Å². The molecule has 5 nitrogen and oxygen atoms in total. The molecule has 0 bridgehead atoms. The van der Waals surface area contributed by atoms with Gasteiger partial charge in [0.1, 0.15) is 12.2 Å². The molecule has 92 valence electrons. The Labute approximate surface area is 96.5 Å². The van der Waals surface area contributed by atoms with Crippen molar-refractivity contribution in [1.29, 1.82) is 0 Å². The van der Waals surface area contributed by atoms with Crippen molar-refractivity contribution in [3.05, 3.63) is 12.2 Å². The van der Waals surface area contributed by atoms with Gasteiger partial charge < -0.3 is 9.84 Å². The van der Waals surface area contributed by atoms with Crippen LogP contribution in [0.3, 0.4) is 0 Å². The molecule has 1 unspecified atom stereocenters. The van der Waals surface area contributed by atoms with Crippen molar-refractivity contribution in [2.75, 3.05) is 6.61 Å². The van der Waals surface area contributed by atoms with Crippen LogP contribution < -0.4 is 0 Å². The zero-order valence-corrected chi connectivity index (χ0v) is 10.5. The second kappa shape index (κ2) is 5.41. The second-order valence-electron chi connectivity index (χ2n) is 4.25. The van der Waals surface area contributed by atoms with Crippen LogP contribution in [0.4, 0.5) is 0 Å². The van der Waals surface area contributed by atoms with Crippen molar-refractivity contribution in [3.63, 3.8) is 0 Å². The van der Waals surface area contributed by atoms with Gasteiger partial charge in [-0.3, -0.25) is 4.68 Å². The number of ether oxygens (including phenoxy) is 1. The van der Waals surface area contributed by atoms with Gasteiger partial charge in [-0.15, -0.1) is 0 Å². The highest BCUT2D eigenvalue weighted by atomic mass is 16.5. The summed E-state index contributed by atoms with van der Waals surface area (Å²) in [4.78, 5) is 4.14. The minimum Gasteiger partial charge on any atom is -0.390 e. The normalized spacial score (nSPS) is 14.1. The molecule has 1 heterocycles. The molecule has 0 aliphatic heterocycles. The molecule has 0 radical (unpaired) electrons. The highest BCUT2D eigenvalue weighted by Crippen LogP contribution is 2.17. The fraction of sp³-hybridized carbons (Fsp3) is 0.818. The van der Waals surface area contributed by atoms with Gasteiger partial charge in [0.25, 0.3) is 0 Å². The van der Waals surface area contributed by atoms with E-state index in [0.29, 0.717) is 13.0 Å². The van der Waals surface area contributed by atoms with Crippen molar-refractivity contribution >= 4 is 0 Å². The Morgan fingerprint density at radius 3 is 2.75 bits per heavy atom. The van der Waals surface area contributed by atoms with Gasteiger partial charge in [0.15, 0.2) is 0 Å². The molecular formula is C11H21N3O2. The van der Waals surface area contributed by atoms with Gasteiger partial charge in [0.2, 0.25) is 0 Å². The zero-order valence-electron chi connectivity index (χ0n) is 10.5. The average molecular weight is 227 g/mol. The van der Waals surface area contributed by atoms with Gasteiger partial charge in [-0.2, -0.15) is 5.10 Å². The smallest absolute Gasteiger partial charge is 0.138 e. The molecule has 0 aliphatic carbocycles. The van der Waals surface area contributed by atoms with Gasteiger partial charge in [-0.05, 0) is 27.7 Å². The van der Waals surface area contributed by atoms with Crippen LogP contribution in [-0.4, -0.2) is 38.2 Å². The maximum Gasteiger partial charge on any atom is 0.138 e. The molecule has 5 heteroatoms. The number of aromatic nitrogens is 3. The molecule has 0 saturated heterocycles. The van der Waals surface area contributed by atoms with Crippen LogP contribution in [0.25, 0.3) is 0 Å². The fourth-order valence-corrected chi connectivity index (χ4v) is 1.60. The number of aliphatic hydroxyl groups excluding tert-OH is 1. The van der Waals surface area contributed by atoms with Crippen LogP contribution in [0.1, 0.15) is 33.5 Å². The Balaban J connectivity index is 2.67. The lowest BCUT2D eigenvalue weighted by Gasteiger charge is -2.30. The maximum atomic E-state index is 10.1. The Hall–Kier alpha value is -0.940. The van der Waals surface area contributed by atoms with Crippen LogP contribution in [0.15, 0.2) is 6.33 Å². The lowest BCUT2D eigenvalue weighted by Crippen LogP contribution is -2.41. The summed E-state index contributed by atoms with van der Waals surface area (Å²) in [5, 5.41) is 14.2. The van der Waals surface area contributed by atoms with Crippen LogP contribution in [0.5, 0.6) is 0 Å². The molecule has 0 fully saturated rings. The van der Waals surface area contributed by atoms with Crippen molar-refractivity contribution in [2.45, 2.75) is 52.4 Å². The Bertz CT molecular complexity index is 323. The summed E-state index contributed by atoms with van der Waals surface area (Å²) in [7, 11) is 0. The monoisotopic (exact) mass is 227 g/mol. The minimum atomic E-state index is -0.582. The average Bonchev–Trinajstić information content (AvgIpc) is 2.65. The molecule has 0 amide bonds. The van der Waals surface area contributed by atoms with E-state index in [-0.39, 0.29) is 0 Å². The summed E-state index contributed by atoms with van der Waals surface area (Å²) in [5.41, 5.74) is -0.556. The third-order valence-electron chi connectivity index (χ3n) is 2.69. The van der Waals surface area contributed by atoms with E-state index in [1.54, 1.807) is 4.68 Å².